The highest BCUT2D eigenvalue weighted by atomic mass is 28.4. The van der Waals surface area contributed by atoms with E-state index in [0.717, 1.165) is 0 Å². The molecule has 0 unspecified atom stereocenters. The molecule has 5 heteroatoms. The SMILES string of the molecule is CCC(=O)N1[C@@H](CO[Si](C)(C)C(C)(C)C)COC1(C)C. The van der Waals surface area contributed by atoms with Crippen LogP contribution >= 0.6 is 0 Å². The second kappa shape index (κ2) is 5.77. The second-order valence-corrected chi connectivity index (χ2v) is 12.4. The maximum Gasteiger partial charge on any atom is 0.224 e. The number of rotatable bonds is 4. The quantitative estimate of drug-likeness (QED) is 0.747. The third-order valence-corrected chi connectivity index (χ3v) is 9.09. The highest BCUT2D eigenvalue weighted by Gasteiger charge is 2.45. The summed E-state index contributed by atoms with van der Waals surface area (Å²) in [6.45, 7) is 18.1. The molecule has 0 N–H and O–H groups in total. The minimum Gasteiger partial charge on any atom is -0.415 e. The predicted octanol–water partition coefficient (Wildman–Crippen LogP) is 3.38. The molecule has 0 aromatic rings. The minimum absolute atomic E-state index is 0.0339. The van der Waals surface area contributed by atoms with Crippen LogP contribution in [-0.4, -0.2) is 44.1 Å². The second-order valence-electron chi connectivity index (χ2n) is 7.60. The summed E-state index contributed by atoms with van der Waals surface area (Å²) < 4.78 is 12.0. The van der Waals surface area contributed by atoms with E-state index >= 15 is 0 Å². The largest absolute Gasteiger partial charge is 0.415 e. The van der Waals surface area contributed by atoms with Crippen LogP contribution in [0.15, 0.2) is 0 Å². The van der Waals surface area contributed by atoms with Gasteiger partial charge in [-0.25, -0.2) is 0 Å². The number of nitrogens with zero attached hydrogens (tertiary/aromatic N) is 1. The summed E-state index contributed by atoms with van der Waals surface area (Å²) in [5, 5.41) is 0.182. The van der Waals surface area contributed by atoms with Gasteiger partial charge in [-0.15, -0.1) is 0 Å². The fourth-order valence-electron chi connectivity index (χ4n) is 2.20. The average Bonchev–Trinajstić information content (AvgIpc) is 2.59. The van der Waals surface area contributed by atoms with Crippen molar-refractivity contribution >= 4 is 14.2 Å². The lowest BCUT2D eigenvalue weighted by molar-refractivity contribution is -0.146. The van der Waals surface area contributed by atoms with Crippen molar-refractivity contribution in [1.29, 1.82) is 0 Å². The molecule has 0 bridgehead atoms. The molecule has 0 aliphatic carbocycles. The van der Waals surface area contributed by atoms with Crippen LogP contribution in [0.1, 0.15) is 48.0 Å². The van der Waals surface area contributed by atoms with Crippen LogP contribution in [0.5, 0.6) is 0 Å². The van der Waals surface area contributed by atoms with Crippen molar-refractivity contribution in [2.45, 2.75) is 77.9 Å². The van der Waals surface area contributed by atoms with Gasteiger partial charge in [-0.3, -0.25) is 4.79 Å². The Morgan fingerprint density at radius 3 is 2.40 bits per heavy atom. The molecule has 0 saturated carbocycles. The number of amides is 1. The summed E-state index contributed by atoms with van der Waals surface area (Å²) in [5.74, 6) is 0.135. The van der Waals surface area contributed by atoms with Crippen molar-refractivity contribution in [3.8, 4) is 0 Å². The van der Waals surface area contributed by atoms with Crippen LogP contribution in [-0.2, 0) is 14.0 Å². The third kappa shape index (κ3) is 3.62. The summed E-state index contributed by atoms with van der Waals surface area (Å²) in [6, 6.07) is 0.0339. The summed E-state index contributed by atoms with van der Waals surface area (Å²) in [4.78, 5) is 14.0. The topological polar surface area (TPSA) is 38.8 Å². The molecule has 1 heterocycles. The smallest absolute Gasteiger partial charge is 0.224 e. The number of hydrogen-bond acceptors (Lipinski definition) is 3. The molecule has 1 saturated heterocycles. The van der Waals surface area contributed by atoms with Crippen molar-refractivity contribution in [2.75, 3.05) is 13.2 Å². The zero-order valence-electron chi connectivity index (χ0n) is 14.4. The average molecular weight is 302 g/mol. The molecule has 1 rings (SSSR count). The fraction of sp³-hybridized carbons (Fsp3) is 0.933. The molecule has 118 valence electrons. The first-order valence-electron chi connectivity index (χ1n) is 7.52. The van der Waals surface area contributed by atoms with Crippen molar-refractivity contribution in [2.24, 2.45) is 0 Å². The zero-order chi connectivity index (χ0) is 15.8. The van der Waals surface area contributed by atoms with Gasteiger partial charge in [0.15, 0.2) is 8.32 Å². The van der Waals surface area contributed by atoms with Crippen LogP contribution in [0.25, 0.3) is 0 Å². The molecule has 1 atom stereocenters. The van der Waals surface area contributed by atoms with E-state index in [9.17, 15) is 4.79 Å². The molecule has 1 aliphatic rings. The normalized spacial score (nSPS) is 23.2. The van der Waals surface area contributed by atoms with E-state index in [2.05, 4.69) is 33.9 Å². The van der Waals surface area contributed by atoms with E-state index in [4.69, 9.17) is 9.16 Å². The van der Waals surface area contributed by atoms with Crippen molar-refractivity contribution in [3.63, 3.8) is 0 Å². The van der Waals surface area contributed by atoms with E-state index in [1.54, 1.807) is 0 Å². The van der Waals surface area contributed by atoms with Crippen LogP contribution in [0.3, 0.4) is 0 Å². The van der Waals surface area contributed by atoms with E-state index in [0.29, 0.717) is 19.6 Å². The van der Waals surface area contributed by atoms with Crippen molar-refractivity contribution in [1.82, 2.24) is 4.90 Å². The Hall–Kier alpha value is -0.393. The maximum absolute atomic E-state index is 12.2. The van der Waals surface area contributed by atoms with Crippen molar-refractivity contribution < 1.29 is 14.0 Å². The molecule has 4 nitrogen and oxygen atoms in total. The summed E-state index contributed by atoms with van der Waals surface area (Å²) in [6.07, 6.45) is 0.503. The lowest BCUT2D eigenvalue weighted by Gasteiger charge is -2.39. The predicted molar refractivity (Wildman–Crippen MR) is 84.1 cm³/mol. The highest BCUT2D eigenvalue weighted by molar-refractivity contribution is 6.74. The van der Waals surface area contributed by atoms with Gasteiger partial charge in [-0.1, -0.05) is 27.7 Å². The van der Waals surface area contributed by atoms with Gasteiger partial charge in [-0.05, 0) is 32.0 Å². The Kier molecular flexibility index (Phi) is 5.10. The summed E-state index contributed by atoms with van der Waals surface area (Å²) >= 11 is 0. The molecule has 1 aliphatic heterocycles. The Bertz CT molecular complexity index is 361. The van der Waals surface area contributed by atoms with E-state index in [1.807, 2.05) is 25.7 Å². The fourth-order valence-corrected chi connectivity index (χ4v) is 3.24. The first kappa shape index (κ1) is 17.7. The molecule has 20 heavy (non-hydrogen) atoms. The Morgan fingerprint density at radius 1 is 1.40 bits per heavy atom. The molecule has 0 radical (unpaired) electrons. The monoisotopic (exact) mass is 301 g/mol. The molecule has 1 amide bonds. The maximum atomic E-state index is 12.2. The van der Waals surface area contributed by atoms with Gasteiger partial charge in [0.2, 0.25) is 5.91 Å². The van der Waals surface area contributed by atoms with Gasteiger partial charge >= 0.3 is 0 Å². The standard InChI is InChI=1S/C15H31NO3Si/c1-9-13(17)16-12(10-18-15(16,5)6)11-19-20(7,8)14(2,3)4/h12H,9-11H2,1-8H3/t12-/m1/s1. The molecule has 0 aromatic carbocycles. The highest BCUT2D eigenvalue weighted by Crippen LogP contribution is 2.37. The van der Waals surface area contributed by atoms with Gasteiger partial charge in [-0.2, -0.15) is 0 Å². The molecule has 1 fully saturated rings. The molecule has 0 spiro atoms. The number of hydrogen-bond donors (Lipinski definition) is 0. The molecular formula is C15H31NO3Si. The van der Waals surface area contributed by atoms with Crippen LogP contribution < -0.4 is 0 Å². The van der Waals surface area contributed by atoms with Gasteiger partial charge < -0.3 is 14.1 Å². The number of carbonyl (C=O) groups is 1. The Morgan fingerprint density at radius 2 is 1.95 bits per heavy atom. The van der Waals surface area contributed by atoms with Crippen LogP contribution in [0.4, 0.5) is 0 Å². The first-order chi connectivity index (χ1) is 8.92. The van der Waals surface area contributed by atoms with Gasteiger partial charge in [0, 0.05) is 6.42 Å². The Labute approximate surface area is 124 Å². The summed E-state index contributed by atoms with van der Waals surface area (Å²) in [7, 11) is -1.79. The molecule has 0 aromatic heterocycles. The lowest BCUT2D eigenvalue weighted by atomic mass is 10.2. The molecular weight excluding hydrogens is 270 g/mol. The van der Waals surface area contributed by atoms with Crippen LogP contribution in [0.2, 0.25) is 18.1 Å². The Balaban J connectivity index is 2.75. The van der Waals surface area contributed by atoms with E-state index in [-0.39, 0.29) is 17.0 Å². The van der Waals surface area contributed by atoms with E-state index < -0.39 is 14.0 Å². The van der Waals surface area contributed by atoms with Gasteiger partial charge in [0.05, 0.1) is 19.3 Å². The number of ether oxygens (including phenoxy) is 1. The number of carbonyl (C=O) groups excluding carboxylic acids is 1. The van der Waals surface area contributed by atoms with Crippen LogP contribution in [0, 0.1) is 0 Å². The van der Waals surface area contributed by atoms with Crippen molar-refractivity contribution in [3.05, 3.63) is 0 Å². The zero-order valence-corrected chi connectivity index (χ0v) is 15.4. The van der Waals surface area contributed by atoms with Gasteiger partial charge in [0.1, 0.15) is 5.72 Å². The minimum atomic E-state index is -1.79. The lowest BCUT2D eigenvalue weighted by Crippen LogP contribution is -2.51. The summed E-state index contributed by atoms with van der Waals surface area (Å²) in [5.41, 5.74) is -0.519. The first-order valence-corrected chi connectivity index (χ1v) is 10.4. The van der Waals surface area contributed by atoms with Gasteiger partial charge in [0.25, 0.3) is 0 Å². The van der Waals surface area contributed by atoms with E-state index in [1.165, 1.54) is 0 Å². The third-order valence-electron chi connectivity index (χ3n) is 4.59.